The summed E-state index contributed by atoms with van der Waals surface area (Å²) in [6.45, 7) is 4.13. The fourth-order valence-electron chi connectivity index (χ4n) is 1.82. The number of hydrogen-bond donors (Lipinski definition) is 1. The normalized spacial score (nSPS) is 12.4. The zero-order chi connectivity index (χ0) is 12.3. The van der Waals surface area contributed by atoms with Gasteiger partial charge in [0.25, 0.3) is 0 Å². The lowest BCUT2D eigenvalue weighted by Crippen LogP contribution is -2.12. The van der Waals surface area contributed by atoms with Gasteiger partial charge in [-0.15, -0.1) is 0 Å². The first kappa shape index (κ1) is 11.8. The van der Waals surface area contributed by atoms with Crippen LogP contribution in [0.25, 0.3) is 0 Å². The van der Waals surface area contributed by atoms with Gasteiger partial charge in [0.1, 0.15) is 0 Å². The first-order valence-electron chi connectivity index (χ1n) is 5.97. The molecule has 2 N–H and O–H groups in total. The molecule has 0 amide bonds. The lowest BCUT2D eigenvalue weighted by Gasteiger charge is -2.12. The summed E-state index contributed by atoms with van der Waals surface area (Å²) < 4.78 is 0. The second kappa shape index (κ2) is 5.11. The zero-order valence-electron chi connectivity index (χ0n) is 10.4. The minimum atomic E-state index is -0.0889. The quantitative estimate of drug-likeness (QED) is 0.873. The highest BCUT2D eigenvalue weighted by molar-refractivity contribution is 5.32. The van der Waals surface area contributed by atoms with E-state index in [1.807, 2.05) is 25.3 Å². The largest absolute Gasteiger partial charge is 0.320 e. The molecule has 1 heterocycles. The molecular formula is C15H18N2. The van der Waals surface area contributed by atoms with Crippen molar-refractivity contribution in [3.63, 3.8) is 0 Å². The molecule has 0 aliphatic carbocycles. The van der Waals surface area contributed by atoms with Gasteiger partial charge < -0.3 is 5.73 Å². The topological polar surface area (TPSA) is 38.9 Å². The first-order valence-corrected chi connectivity index (χ1v) is 5.97. The van der Waals surface area contributed by atoms with Gasteiger partial charge in [0, 0.05) is 11.9 Å². The van der Waals surface area contributed by atoms with Crippen LogP contribution in [-0.2, 0) is 6.42 Å². The van der Waals surface area contributed by atoms with Gasteiger partial charge >= 0.3 is 0 Å². The van der Waals surface area contributed by atoms with Crippen molar-refractivity contribution in [1.29, 1.82) is 0 Å². The highest BCUT2D eigenvalue weighted by Crippen LogP contribution is 2.19. The lowest BCUT2D eigenvalue weighted by molar-refractivity contribution is 0.859. The summed E-state index contributed by atoms with van der Waals surface area (Å²) >= 11 is 0. The van der Waals surface area contributed by atoms with E-state index >= 15 is 0 Å². The van der Waals surface area contributed by atoms with Crippen molar-refractivity contribution in [3.8, 4) is 0 Å². The second-order valence-electron chi connectivity index (χ2n) is 4.31. The van der Waals surface area contributed by atoms with Crippen LogP contribution < -0.4 is 5.73 Å². The van der Waals surface area contributed by atoms with Crippen LogP contribution in [0.15, 0.2) is 42.6 Å². The first-order chi connectivity index (χ1) is 8.20. The van der Waals surface area contributed by atoms with Crippen molar-refractivity contribution in [2.75, 3.05) is 0 Å². The number of aryl methyl sites for hydroxylation is 2. The summed E-state index contributed by atoms with van der Waals surface area (Å²) in [7, 11) is 0. The molecule has 2 rings (SSSR count). The van der Waals surface area contributed by atoms with Crippen molar-refractivity contribution >= 4 is 0 Å². The molecular weight excluding hydrogens is 208 g/mol. The molecule has 1 unspecified atom stereocenters. The Morgan fingerprint density at radius 2 is 1.71 bits per heavy atom. The van der Waals surface area contributed by atoms with E-state index in [0.29, 0.717) is 0 Å². The molecule has 0 saturated heterocycles. The minimum absolute atomic E-state index is 0.0889. The van der Waals surface area contributed by atoms with Crippen molar-refractivity contribution in [2.24, 2.45) is 5.73 Å². The number of hydrogen-bond acceptors (Lipinski definition) is 2. The average Bonchev–Trinajstić information content (AvgIpc) is 2.39. The highest BCUT2D eigenvalue weighted by atomic mass is 14.7. The number of nitrogens with two attached hydrogens (primary N) is 1. The van der Waals surface area contributed by atoms with Gasteiger partial charge in [0.05, 0.1) is 6.04 Å². The van der Waals surface area contributed by atoms with Crippen molar-refractivity contribution in [1.82, 2.24) is 4.98 Å². The van der Waals surface area contributed by atoms with Gasteiger partial charge in [0.2, 0.25) is 0 Å². The molecule has 1 atom stereocenters. The molecule has 2 aromatic rings. The minimum Gasteiger partial charge on any atom is -0.320 e. The van der Waals surface area contributed by atoms with Crippen LogP contribution in [0.4, 0.5) is 0 Å². The Morgan fingerprint density at radius 1 is 1.06 bits per heavy atom. The number of nitrogens with zero attached hydrogens (tertiary/aromatic N) is 1. The Bertz CT molecular complexity index is 471. The number of aromatic nitrogens is 1. The fourth-order valence-corrected chi connectivity index (χ4v) is 1.82. The third-order valence-corrected chi connectivity index (χ3v) is 3.04. The third kappa shape index (κ3) is 2.71. The van der Waals surface area contributed by atoms with Crippen LogP contribution in [0.1, 0.15) is 35.3 Å². The van der Waals surface area contributed by atoms with Crippen LogP contribution >= 0.6 is 0 Å². The monoisotopic (exact) mass is 226 g/mol. The van der Waals surface area contributed by atoms with E-state index in [2.05, 4.69) is 36.2 Å². The van der Waals surface area contributed by atoms with Crippen molar-refractivity contribution < 1.29 is 0 Å². The van der Waals surface area contributed by atoms with E-state index in [0.717, 1.165) is 23.2 Å². The maximum Gasteiger partial charge on any atom is 0.0566 e. The summed E-state index contributed by atoms with van der Waals surface area (Å²) in [5.41, 5.74) is 10.8. The van der Waals surface area contributed by atoms with E-state index in [1.165, 1.54) is 5.56 Å². The Morgan fingerprint density at radius 3 is 2.24 bits per heavy atom. The molecule has 17 heavy (non-hydrogen) atoms. The van der Waals surface area contributed by atoms with Gasteiger partial charge in [-0.3, -0.25) is 4.98 Å². The molecule has 0 aliphatic heterocycles. The van der Waals surface area contributed by atoms with E-state index < -0.39 is 0 Å². The third-order valence-electron chi connectivity index (χ3n) is 3.04. The molecule has 0 bridgehead atoms. The Balaban J connectivity index is 2.23. The molecule has 0 radical (unpaired) electrons. The highest BCUT2D eigenvalue weighted by Gasteiger charge is 2.08. The van der Waals surface area contributed by atoms with Crippen LogP contribution in [-0.4, -0.2) is 4.98 Å². The average molecular weight is 226 g/mol. The molecule has 2 heteroatoms. The number of pyridine rings is 1. The maximum absolute atomic E-state index is 6.22. The van der Waals surface area contributed by atoms with Gasteiger partial charge in [-0.1, -0.05) is 37.3 Å². The van der Waals surface area contributed by atoms with E-state index in [4.69, 9.17) is 5.73 Å². The Kier molecular flexibility index (Phi) is 3.55. The molecule has 0 spiro atoms. The molecule has 0 aliphatic rings. The second-order valence-corrected chi connectivity index (χ2v) is 4.31. The standard InChI is InChI=1S/C15H18N2/c1-3-12-5-8-13(9-6-12)15(16)14-7-4-11(2)17-10-14/h4-10,15H,3,16H2,1-2H3. The summed E-state index contributed by atoms with van der Waals surface area (Å²) in [6, 6.07) is 12.4. The Labute approximate surface area is 103 Å². The molecule has 1 aromatic carbocycles. The van der Waals surface area contributed by atoms with Gasteiger partial charge in [-0.25, -0.2) is 0 Å². The van der Waals surface area contributed by atoms with Gasteiger partial charge in [-0.05, 0) is 36.1 Å². The smallest absolute Gasteiger partial charge is 0.0566 e. The maximum atomic E-state index is 6.22. The SMILES string of the molecule is CCc1ccc(C(N)c2ccc(C)nc2)cc1. The van der Waals surface area contributed by atoms with Crippen molar-refractivity contribution in [3.05, 3.63) is 65.0 Å². The predicted molar refractivity (Wildman–Crippen MR) is 70.8 cm³/mol. The van der Waals surface area contributed by atoms with Gasteiger partial charge in [-0.2, -0.15) is 0 Å². The molecule has 1 aromatic heterocycles. The Hall–Kier alpha value is -1.67. The summed E-state index contributed by atoms with van der Waals surface area (Å²) in [5.74, 6) is 0. The van der Waals surface area contributed by atoms with E-state index in [-0.39, 0.29) is 6.04 Å². The summed E-state index contributed by atoms with van der Waals surface area (Å²) in [4.78, 5) is 4.28. The number of rotatable bonds is 3. The zero-order valence-corrected chi connectivity index (χ0v) is 10.4. The molecule has 0 saturated carbocycles. The van der Waals surface area contributed by atoms with Crippen LogP contribution in [0.3, 0.4) is 0 Å². The number of benzene rings is 1. The van der Waals surface area contributed by atoms with Crippen LogP contribution in [0, 0.1) is 6.92 Å². The molecule has 88 valence electrons. The molecule has 0 fully saturated rings. The van der Waals surface area contributed by atoms with E-state index in [9.17, 15) is 0 Å². The lowest BCUT2D eigenvalue weighted by atomic mass is 9.99. The van der Waals surface area contributed by atoms with E-state index in [1.54, 1.807) is 0 Å². The molecule has 2 nitrogen and oxygen atoms in total. The predicted octanol–water partition coefficient (Wildman–Crippen LogP) is 3.00. The van der Waals surface area contributed by atoms with Gasteiger partial charge in [0.15, 0.2) is 0 Å². The fraction of sp³-hybridized carbons (Fsp3) is 0.267. The van der Waals surface area contributed by atoms with Crippen LogP contribution in [0.2, 0.25) is 0 Å². The summed E-state index contributed by atoms with van der Waals surface area (Å²) in [6.07, 6.45) is 2.91. The summed E-state index contributed by atoms with van der Waals surface area (Å²) in [5, 5.41) is 0. The van der Waals surface area contributed by atoms with Crippen molar-refractivity contribution in [2.45, 2.75) is 26.3 Å². The van der Waals surface area contributed by atoms with Crippen LogP contribution in [0.5, 0.6) is 0 Å².